The summed E-state index contributed by atoms with van der Waals surface area (Å²) >= 11 is 3.37. The number of rotatable bonds is 5. The Kier molecular flexibility index (Phi) is 5.32. The summed E-state index contributed by atoms with van der Waals surface area (Å²) in [4.78, 5) is 38.5. The van der Waals surface area contributed by atoms with Gasteiger partial charge in [-0.1, -0.05) is 47.1 Å². The van der Waals surface area contributed by atoms with Crippen LogP contribution in [0.5, 0.6) is 0 Å². The molecule has 1 heterocycles. The number of carbonyl (C=O) groups excluding carboxylic acids is 3. The van der Waals surface area contributed by atoms with E-state index in [2.05, 4.69) is 26.6 Å². The SMILES string of the molecule is CCc1cccc(NC(=O)CN2C(=O)NC(C)(c3cccc(Br)c3)C2=O)c1. The Bertz CT molecular complexity index is 915. The molecule has 1 aliphatic rings. The minimum Gasteiger partial charge on any atom is -0.325 e. The smallest absolute Gasteiger partial charge is 0.325 e. The van der Waals surface area contributed by atoms with Crippen LogP contribution in [0, 0.1) is 0 Å². The van der Waals surface area contributed by atoms with Crippen molar-refractivity contribution in [3.63, 3.8) is 0 Å². The third-order valence-corrected chi connectivity index (χ3v) is 5.09. The maximum absolute atomic E-state index is 12.9. The second kappa shape index (κ2) is 7.52. The van der Waals surface area contributed by atoms with E-state index in [1.807, 2.05) is 31.2 Å². The lowest BCUT2D eigenvalue weighted by molar-refractivity contribution is -0.133. The number of benzene rings is 2. The molecule has 0 saturated carbocycles. The van der Waals surface area contributed by atoms with Gasteiger partial charge >= 0.3 is 6.03 Å². The quantitative estimate of drug-likeness (QED) is 0.714. The molecule has 1 aliphatic heterocycles. The summed E-state index contributed by atoms with van der Waals surface area (Å²) in [5, 5.41) is 5.44. The molecule has 2 N–H and O–H groups in total. The zero-order valence-corrected chi connectivity index (χ0v) is 16.7. The van der Waals surface area contributed by atoms with E-state index >= 15 is 0 Å². The highest BCUT2D eigenvalue weighted by Gasteiger charge is 2.49. The second-order valence-corrected chi connectivity index (χ2v) is 7.47. The van der Waals surface area contributed by atoms with E-state index in [-0.39, 0.29) is 6.54 Å². The summed E-state index contributed by atoms with van der Waals surface area (Å²) in [6, 6.07) is 14.1. The first-order valence-corrected chi connectivity index (χ1v) is 9.41. The van der Waals surface area contributed by atoms with Gasteiger partial charge in [-0.25, -0.2) is 4.79 Å². The van der Waals surface area contributed by atoms with Crippen LogP contribution in [0.1, 0.15) is 25.0 Å². The Hall–Kier alpha value is -2.67. The summed E-state index contributed by atoms with van der Waals surface area (Å²) in [6.45, 7) is 3.32. The number of halogens is 1. The number of imide groups is 1. The topological polar surface area (TPSA) is 78.5 Å². The third-order valence-electron chi connectivity index (χ3n) is 4.60. The van der Waals surface area contributed by atoms with E-state index in [0.29, 0.717) is 11.3 Å². The van der Waals surface area contributed by atoms with Crippen molar-refractivity contribution in [3.8, 4) is 0 Å². The minimum atomic E-state index is -1.21. The highest BCUT2D eigenvalue weighted by atomic mass is 79.9. The Morgan fingerprint density at radius 1 is 1.19 bits per heavy atom. The number of amides is 4. The van der Waals surface area contributed by atoms with Crippen molar-refractivity contribution in [2.45, 2.75) is 25.8 Å². The average molecular weight is 430 g/mol. The van der Waals surface area contributed by atoms with Gasteiger partial charge in [-0.15, -0.1) is 0 Å². The molecule has 1 unspecified atom stereocenters. The van der Waals surface area contributed by atoms with Crippen LogP contribution in [0.25, 0.3) is 0 Å². The molecule has 1 fully saturated rings. The Morgan fingerprint density at radius 3 is 2.63 bits per heavy atom. The maximum atomic E-state index is 12.9. The summed E-state index contributed by atoms with van der Waals surface area (Å²) in [6.07, 6.45) is 0.849. The molecule has 1 atom stereocenters. The largest absolute Gasteiger partial charge is 0.325 e. The molecule has 2 aromatic carbocycles. The molecule has 27 heavy (non-hydrogen) atoms. The highest BCUT2D eigenvalue weighted by molar-refractivity contribution is 9.10. The number of urea groups is 1. The van der Waals surface area contributed by atoms with Gasteiger partial charge < -0.3 is 10.6 Å². The van der Waals surface area contributed by atoms with Gasteiger partial charge in [-0.2, -0.15) is 0 Å². The van der Waals surface area contributed by atoms with Crippen LogP contribution in [0.4, 0.5) is 10.5 Å². The van der Waals surface area contributed by atoms with Gasteiger partial charge in [0.1, 0.15) is 12.1 Å². The predicted molar refractivity (Wildman–Crippen MR) is 106 cm³/mol. The summed E-state index contributed by atoms with van der Waals surface area (Å²) in [5.74, 6) is -0.881. The van der Waals surface area contributed by atoms with Gasteiger partial charge in [0.15, 0.2) is 0 Å². The van der Waals surface area contributed by atoms with Gasteiger partial charge in [0.2, 0.25) is 5.91 Å². The first-order valence-electron chi connectivity index (χ1n) is 8.62. The molecule has 0 aromatic heterocycles. The van der Waals surface area contributed by atoms with Gasteiger partial charge in [0.05, 0.1) is 0 Å². The van der Waals surface area contributed by atoms with Crippen LogP contribution in [0.15, 0.2) is 53.0 Å². The Balaban J connectivity index is 1.74. The molecule has 2 aromatic rings. The van der Waals surface area contributed by atoms with Crippen molar-refractivity contribution in [1.82, 2.24) is 10.2 Å². The number of anilines is 1. The van der Waals surface area contributed by atoms with Crippen molar-refractivity contribution < 1.29 is 14.4 Å². The van der Waals surface area contributed by atoms with Crippen molar-refractivity contribution in [1.29, 1.82) is 0 Å². The summed E-state index contributed by atoms with van der Waals surface area (Å²) in [5.41, 5.74) is 1.17. The first kappa shape index (κ1) is 19.1. The summed E-state index contributed by atoms with van der Waals surface area (Å²) in [7, 11) is 0. The molecule has 4 amide bonds. The molecule has 0 aliphatic carbocycles. The molecule has 1 saturated heterocycles. The van der Waals surface area contributed by atoms with Crippen LogP contribution in [0.3, 0.4) is 0 Å². The number of carbonyl (C=O) groups is 3. The maximum Gasteiger partial charge on any atom is 0.325 e. The molecule has 7 heteroatoms. The van der Waals surface area contributed by atoms with Crippen molar-refractivity contribution >= 4 is 39.5 Å². The fourth-order valence-corrected chi connectivity index (χ4v) is 3.45. The fraction of sp³-hybridized carbons (Fsp3) is 0.250. The van der Waals surface area contributed by atoms with Crippen molar-refractivity contribution in [3.05, 3.63) is 64.1 Å². The van der Waals surface area contributed by atoms with E-state index in [0.717, 1.165) is 21.4 Å². The van der Waals surface area contributed by atoms with Crippen LogP contribution >= 0.6 is 15.9 Å². The lowest BCUT2D eigenvalue weighted by atomic mass is 9.92. The lowest BCUT2D eigenvalue weighted by Crippen LogP contribution is -2.42. The first-order chi connectivity index (χ1) is 12.8. The number of hydrogen-bond acceptors (Lipinski definition) is 3. The second-order valence-electron chi connectivity index (χ2n) is 6.56. The standard InChI is InChI=1S/C20H20BrN3O3/c1-3-13-6-4-9-16(10-13)22-17(25)12-24-18(26)20(2,23-19(24)27)14-7-5-8-15(21)11-14/h4-11H,3,12H2,1-2H3,(H,22,25)(H,23,27). The molecule has 0 radical (unpaired) electrons. The van der Waals surface area contributed by atoms with Crippen LogP contribution in [0.2, 0.25) is 0 Å². The molecular weight excluding hydrogens is 410 g/mol. The summed E-state index contributed by atoms with van der Waals surface area (Å²) < 4.78 is 0.801. The number of nitrogens with zero attached hydrogens (tertiary/aromatic N) is 1. The highest BCUT2D eigenvalue weighted by Crippen LogP contribution is 2.30. The van der Waals surface area contributed by atoms with Crippen LogP contribution < -0.4 is 10.6 Å². The van der Waals surface area contributed by atoms with Gasteiger partial charge in [-0.05, 0) is 48.7 Å². The zero-order chi connectivity index (χ0) is 19.6. The lowest BCUT2D eigenvalue weighted by Gasteiger charge is -2.22. The number of aryl methyl sites for hydroxylation is 1. The molecule has 0 bridgehead atoms. The Labute approximate surface area is 166 Å². The minimum absolute atomic E-state index is 0.343. The average Bonchev–Trinajstić information content (AvgIpc) is 2.86. The van der Waals surface area contributed by atoms with Crippen molar-refractivity contribution in [2.75, 3.05) is 11.9 Å². The third kappa shape index (κ3) is 3.88. The van der Waals surface area contributed by atoms with E-state index in [4.69, 9.17) is 0 Å². The van der Waals surface area contributed by atoms with Gasteiger partial charge in [0, 0.05) is 10.2 Å². The molecule has 0 spiro atoms. The molecular formula is C20H20BrN3O3. The number of hydrogen-bond donors (Lipinski definition) is 2. The van der Waals surface area contributed by atoms with E-state index in [9.17, 15) is 14.4 Å². The van der Waals surface area contributed by atoms with Crippen molar-refractivity contribution in [2.24, 2.45) is 0 Å². The molecule has 140 valence electrons. The van der Waals surface area contributed by atoms with Gasteiger partial charge in [-0.3, -0.25) is 14.5 Å². The van der Waals surface area contributed by atoms with Crippen LogP contribution in [-0.4, -0.2) is 29.3 Å². The fourth-order valence-electron chi connectivity index (χ4n) is 3.05. The van der Waals surface area contributed by atoms with Gasteiger partial charge in [0.25, 0.3) is 5.91 Å². The van der Waals surface area contributed by atoms with E-state index < -0.39 is 23.4 Å². The van der Waals surface area contributed by atoms with Crippen LogP contribution in [-0.2, 0) is 21.5 Å². The molecule has 3 rings (SSSR count). The molecule has 6 nitrogen and oxygen atoms in total. The normalized spacial score (nSPS) is 19.1. The monoisotopic (exact) mass is 429 g/mol. The zero-order valence-electron chi connectivity index (χ0n) is 15.1. The van der Waals surface area contributed by atoms with E-state index in [1.54, 1.807) is 31.2 Å². The van der Waals surface area contributed by atoms with E-state index in [1.165, 1.54) is 0 Å². The predicted octanol–water partition coefficient (Wildman–Crippen LogP) is 3.42. The number of nitrogens with one attached hydrogen (secondary N) is 2. The Morgan fingerprint density at radius 2 is 1.93 bits per heavy atom.